The van der Waals surface area contributed by atoms with Crippen LogP contribution in [0.2, 0.25) is 0 Å². The third-order valence-corrected chi connectivity index (χ3v) is 5.68. The lowest BCUT2D eigenvalue weighted by Crippen LogP contribution is -2.54. The molecular formula is C27H39N3O6S. The van der Waals surface area contributed by atoms with Crippen molar-refractivity contribution in [1.29, 1.82) is 0 Å². The molecule has 0 heterocycles. The number of benzene rings is 1. The van der Waals surface area contributed by atoms with Gasteiger partial charge in [0.05, 0.1) is 7.11 Å². The lowest BCUT2D eigenvalue weighted by Gasteiger charge is -2.34. The second-order valence-electron chi connectivity index (χ2n) is 9.40. The van der Waals surface area contributed by atoms with E-state index in [0.717, 1.165) is 19.3 Å². The van der Waals surface area contributed by atoms with Crippen molar-refractivity contribution in [1.82, 2.24) is 15.5 Å². The Kier molecular flexibility index (Phi) is 13.6. The van der Waals surface area contributed by atoms with Crippen LogP contribution in [-0.2, 0) is 23.9 Å². The Bertz CT molecular complexity index is 970. The molecule has 0 aliphatic heterocycles. The second-order valence-corrected chi connectivity index (χ2v) is 9.77. The predicted octanol–water partition coefficient (Wildman–Crippen LogP) is 3.23. The number of carbonyl (C=O) groups is 4. The molecule has 0 saturated heterocycles. The van der Waals surface area contributed by atoms with Gasteiger partial charge < -0.3 is 25.0 Å². The van der Waals surface area contributed by atoms with Crippen molar-refractivity contribution < 1.29 is 28.7 Å². The van der Waals surface area contributed by atoms with Gasteiger partial charge in [-0.2, -0.15) is 12.6 Å². The summed E-state index contributed by atoms with van der Waals surface area (Å²) in [6.45, 7) is 7.03. The molecule has 0 fully saturated rings. The van der Waals surface area contributed by atoms with E-state index in [1.165, 1.54) is 12.0 Å². The van der Waals surface area contributed by atoms with E-state index in [1.807, 2.05) is 0 Å². The fraction of sp³-hybridized carbons (Fsp3) is 0.556. The highest BCUT2D eigenvalue weighted by molar-refractivity contribution is 7.80. The number of terminal acetylenes is 1. The molecule has 1 aromatic carbocycles. The molecule has 0 aliphatic rings. The number of nitrogens with one attached hydrogen (secondary N) is 2. The molecule has 0 spiro atoms. The van der Waals surface area contributed by atoms with Crippen LogP contribution in [0.1, 0.15) is 70.5 Å². The van der Waals surface area contributed by atoms with Crippen LogP contribution in [-0.4, -0.2) is 66.4 Å². The first kappa shape index (κ1) is 31.8. The molecule has 10 heteroatoms. The van der Waals surface area contributed by atoms with Crippen LogP contribution >= 0.6 is 12.6 Å². The first-order chi connectivity index (χ1) is 17.5. The number of esters is 1. The maximum atomic E-state index is 13.8. The summed E-state index contributed by atoms with van der Waals surface area (Å²) in [7, 11) is 1.21. The van der Waals surface area contributed by atoms with Crippen LogP contribution < -0.4 is 10.6 Å². The highest BCUT2D eigenvalue weighted by Crippen LogP contribution is 2.26. The fourth-order valence-electron chi connectivity index (χ4n) is 3.56. The van der Waals surface area contributed by atoms with Crippen LogP contribution in [0.3, 0.4) is 0 Å². The van der Waals surface area contributed by atoms with Crippen LogP contribution in [0.4, 0.5) is 4.79 Å². The van der Waals surface area contributed by atoms with Crippen LogP contribution in [0, 0.1) is 12.3 Å². The summed E-state index contributed by atoms with van der Waals surface area (Å²) < 4.78 is 9.94. The Morgan fingerprint density at radius 2 is 1.81 bits per heavy atom. The molecule has 0 aliphatic carbocycles. The minimum Gasteiger partial charge on any atom is -0.468 e. The van der Waals surface area contributed by atoms with Crippen molar-refractivity contribution >= 4 is 36.5 Å². The molecule has 3 amide bonds. The average molecular weight is 534 g/mol. The maximum absolute atomic E-state index is 13.8. The molecule has 0 aromatic heterocycles. The second kappa shape index (κ2) is 15.8. The van der Waals surface area contributed by atoms with E-state index in [2.05, 4.69) is 40.8 Å². The lowest BCUT2D eigenvalue weighted by atomic mass is 9.97. The fourth-order valence-corrected chi connectivity index (χ4v) is 3.80. The van der Waals surface area contributed by atoms with Gasteiger partial charge in [-0.15, -0.1) is 6.42 Å². The summed E-state index contributed by atoms with van der Waals surface area (Å²) in [5.74, 6) is 0.762. The van der Waals surface area contributed by atoms with Gasteiger partial charge in [-0.1, -0.05) is 50.3 Å². The summed E-state index contributed by atoms with van der Waals surface area (Å²) >= 11 is 4.28. The largest absolute Gasteiger partial charge is 0.468 e. The molecule has 9 nitrogen and oxygen atoms in total. The number of nitrogens with zero attached hydrogens (tertiary/aromatic N) is 1. The Morgan fingerprint density at radius 3 is 2.38 bits per heavy atom. The summed E-state index contributed by atoms with van der Waals surface area (Å²) in [5, 5.41) is 5.11. The number of ether oxygens (including phenoxy) is 2. The Morgan fingerprint density at radius 1 is 1.14 bits per heavy atom. The number of thiol groups is 1. The van der Waals surface area contributed by atoms with Crippen molar-refractivity contribution in [3.05, 3.63) is 35.4 Å². The molecule has 0 bridgehead atoms. The number of rotatable bonds is 13. The van der Waals surface area contributed by atoms with Gasteiger partial charge in [0.15, 0.2) is 0 Å². The molecule has 204 valence electrons. The van der Waals surface area contributed by atoms with Gasteiger partial charge in [0.2, 0.25) is 11.8 Å². The predicted molar refractivity (Wildman–Crippen MR) is 145 cm³/mol. The number of methoxy groups -OCH3 is 1. The molecule has 2 unspecified atom stereocenters. The van der Waals surface area contributed by atoms with Crippen molar-refractivity contribution in [2.75, 3.05) is 26.0 Å². The number of unbranched alkanes of at least 4 members (excludes halogenated alkanes) is 3. The lowest BCUT2D eigenvalue weighted by molar-refractivity contribution is -0.144. The summed E-state index contributed by atoms with van der Waals surface area (Å²) in [4.78, 5) is 52.9. The number of hydrogen-bond donors (Lipinski definition) is 3. The Labute approximate surface area is 225 Å². The van der Waals surface area contributed by atoms with E-state index in [-0.39, 0.29) is 18.8 Å². The van der Waals surface area contributed by atoms with Gasteiger partial charge in [0.25, 0.3) is 0 Å². The molecule has 2 N–H and O–H groups in total. The van der Waals surface area contributed by atoms with Gasteiger partial charge in [-0.05, 0) is 38.8 Å². The van der Waals surface area contributed by atoms with Crippen LogP contribution in [0.15, 0.2) is 24.3 Å². The van der Waals surface area contributed by atoms with E-state index in [9.17, 15) is 19.2 Å². The van der Waals surface area contributed by atoms with Crippen molar-refractivity contribution in [2.45, 2.75) is 71.1 Å². The molecule has 2 atom stereocenters. The highest BCUT2D eigenvalue weighted by Gasteiger charge is 2.36. The number of hydrogen-bond acceptors (Lipinski definition) is 7. The van der Waals surface area contributed by atoms with Crippen molar-refractivity contribution in [3.8, 4) is 12.3 Å². The van der Waals surface area contributed by atoms with Gasteiger partial charge in [-0.3, -0.25) is 14.4 Å². The average Bonchev–Trinajstić information content (AvgIpc) is 2.86. The summed E-state index contributed by atoms with van der Waals surface area (Å²) in [6, 6.07) is 4.56. The van der Waals surface area contributed by atoms with Crippen LogP contribution in [0.5, 0.6) is 0 Å². The topological polar surface area (TPSA) is 114 Å². The zero-order valence-corrected chi connectivity index (χ0v) is 23.2. The van der Waals surface area contributed by atoms with Gasteiger partial charge >= 0.3 is 12.1 Å². The molecule has 0 radical (unpaired) electrons. The smallest absolute Gasteiger partial charge is 0.408 e. The van der Waals surface area contributed by atoms with E-state index < -0.39 is 41.6 Å². The van der Waals surface area contributed by atoms with E-state index in [4.69, 9.17) is 11.2 Å². The summed E-state index contributed by atoms with van der Waals surface area (Å²) in [5.41, 5.74) is 0.0804. The first-order valence-corrected chi connectivity index (χ1v) is 12.9. The van der Waals surface area contributed by atoms with Gasteiger partial charge in [0.1, 0.15) is 24.2 Å². The van der Waals surface area contributed by atoms with Crippen molar-refractivity contribution in [3.63, 3.8) is 0 Å². The minimum absolute atomic E-state index is 0.0309. The normalized spacial score (nSPS) is 12.5. The number of alkyl carbamates (subject to hydrolysis) is 1. The molecule has 1 rings (SSSR count). The minimum atomic E-state index is -1.16. The van der Waals surface area contributed by atoms with Crippen LogP contribution in [0.25, 0.3) is 0 Å². The standard InChI is InChI=1S/C27H39N3O6S/c1-7-9-10-13-16-30(25(33)21(18-37)29-26(34)36-27(3,4)5)23(24(32)28-17-22(31)35-6)20-15-12-11-14-19(20)8-2/h2,11-12,14-15,21,23,37H,7,9-10,13,16-18H2,1,3-6H3,(H,28,32)(H,29,34). The molecular weight excluding hydrogens is 494 g/mol. The number of carbonyl (C=O) groups excluding carboxylic acids is 4. The van der Waals surface area contributed by atoms with Gasteiger partial charge in [-0.25, -0.2) is 4.79 Å². The van der Waals surface area contributed by atoms with E-state index in [1.54, 1.807) is 45.0 Å². The zero-order valence-electron chi connectivity index (χ0n) is 22.3. The third kappa shape index (κ3) is 10.8. The van der Waals surface area contributed by atoms with Crippen molar-refractivity contribution in [2.24, 2.45) is 0 Å². The molecule has 37 heavy (non-hydrogen) atoms. The Hall–Kier alpha value is -3.19. The molecule has 1 aromatic rings. The number of amides is 3. The zero-order chi connectivity index (χ0) is 28.0. The monoisotopic (exact) mass is 533 g/mol. The van der Waals surface area contributed by atoms with Gasteiger partial charge in [0, 0.05) is 17.9 Å². The molecule has 0 saturated carbocycles. The first-order valence-electron chi connectivity index (χ1n) is 12.3. The summed E-state index contributed by atoms with van der Waals surface area (Å²) in [6.07, 6.45) is 8.32. The van der Waals surface area contributed by atoms with E-state index in [0.29, 0.717) is 17.5 Å². The van der Waals surface area contributed by atoms with E-state index >= 15 is 0 Å². The Balaban J connectivity index is 3.47. The third-order valence-electron chi connectivity index (χ3n) is 5.31. The maximum Gasteiger partial charge on any atom is 0.408 e. The quantitative estimate of drug-likeness (QED) is 0.155. The SMILES string of the molecule is C#Cc1ccccc1C(C(=O)NCC(=O)OC)N(CCCCCC)C(=O)C(CS)NC(=O)OC(C)(C)C. The highest BCUT2D eigenvalue weighted by atomic mass is 32.1.